The van der Waals surface area contributed by atoms with Gasteiger partial charge in [-0.15, -0.1) is 0 Å². The van der Waals surface area contributed by atoms with Crippen LogP contribution in [0.2, 0.25) is 0 Å². The van der Waals surface area contributed by atoms with Gasteiger partial charge < -0.3 is 15.0 Å². The quantitative estimate of drug-likeness (QED) is 0.828. The minimum Gasteiger partial charge on any atom is -0.377 e. The number of carbonyl (C=O) groups is 1. The van der Waals surface area contributed by atoms with Gasteiger partial charge in [0, 0.05) is 12.0 Å². The molecule has 1 amide bonds. The zero-order chi connectivity index (χ0) is 14.1. The van der Waals surface area contributed by atoms with Crippen molar-refractivity contribution >= 4 is 5.91 Å². The highest BCUT2D eigenvalue weighted by atomic mass is 16.5. The van der Waals surface area contributed by atoms with Crippen molar-refractivity contribution in [3.8, 4) is 0 Å². The van der Waals surface area contributed by atoms with E-state index < -0.39 is 0 Å². The summed E-state index contributed by atoms with van der Waals surface area (Å²) in [6, 6.07) is 0. The number of rotatable bonds is 2. The second-order valence-electron chi connectivity index (χ2n) is 7.09. The molecule has 0 spiro atoms. The molecule has 19 heavy (non-hydrogen) atoms. The van der Waals surface area contributed by atoms with Crippen LogP contribution in [0.3, 0.4) is 0 Å². The third-order valence-electron chi connectivity index (χ3n) is 4.76. The van der Waals surface area contributed by atoms with Gasteiger partial charge in [0.15, 0.2) is 0 Å². The molecule has 2 saturated heterocycles. The average Bonchev–Trinajstić information content (AvgIpc) is 2.38. The van der Waals surface area contributed by atoms with Crippen molar-refractivity contribution in [3.05, 3.63) is 0 Å². The third-order valence-corrected chi connectivity index (χ3v) is 4.76. The minimum absolute atomic E-state index is 0.186. The van der Waals surface area contributed by atoms with Gasteiger partial charge in [-0.25, -0.2) is 0 Å². The largest absolute Gasteiger partial charge is 0.377 e. The Morgan fingerprint density at radius 1 is 1.42 bits per heavy atom. The Kier molecular flexibility index (Phi) is 4.21. The summed E-state index contributed by atoms with van der Waals surface area (Å²) in [5, 5.41) is 3.42. The van der Waals surface area contributed by atoms with Crippen molar-refractivity contribution in [2.24, 2.45) is 11.3 Å². The minimum atomic E-state index is -0.290. The van der Waals surface area contributed by atoms with E-state index in [2.05, 4.69) is 33.0 Å². The lowest BCUT2D eigenvalue weighted by Crippen LogP contribution is -2.60. The molecule has 2 heterocycles. The summed E-state index contributed by atoms with van der Waals surface area (Å²) in [4.78, 5) is 15.0. The summed E-state index contributed by atoms with van der Waals surface area (Å²) in [7, 11) is 0. The molecule has 0 aromatic rings. The first-order valence-corrected chi connectivity index (χ1v) is 7.46. The van der Waals surface area contributed by atoms with Crippen LogP contribution in [0.15, 0.2) is 0 Å². The highest BCUT2D eigenvalue weighted by Crippen LogP contribution is 2.36. The van der Waals surface area contributed by atoms with E-state index in [1.54, 1.807) is 0 Å². The maximum Gasteiger partial charge on any atom is 0.229 e. The smallest absolute Gasteiger partial charge is 0.229 e. The number of hydrogen-bond acceptors (Lipinski definition) is 3. The van der Waals surface area contributed by atoms with Crippen molar-refractivity contribution in [1.29, 1.82) is 0 Å². The molecule has 2 aliphatic heterocycles. The van der Waals surface area contributed by atoms with E-state index in [4.69, 9.17) is 4.74 Å². The number of ether oxygens (including phenoxy) is 1. The fourth-order valence-electron chi connectivity index (χ4n) is 3.23. The Morgan fingerprint density at radius 3 is 2.74 bits per heavy atom. The van der Waals surface area contributed by atoms with Crippen molar-refractivity contribution in [2.45, 2.75) is 46.1 Å². The fourth-order valence-corrected chi connectivity index (χ4v) is 3.23. The summed E-state index contributed by atoms with van der Waals surface area (Å²) >= 11 is 0. The highest BCUT2D eigenvalue weighted by molar-refractivity contribution is 5.83. The molecule has 4 nitrogen and oxygen atoms in total. The van der Waals surface area contributed by atoms with Crippen LogP contribution in [0, 0.1) is 11.3 Å². The third kappa shape index (κ3) is 2.95. The molecule has 110 valence electrons. The standard InChI is InChI=1S/C15H28N2O2/c1-14(2)11-19-9-8-17(14)13(18)15(3,4)12-6-5-7-16-10-12/h12,16H,5-11H2,1-4H3. The Labute approximate surface area is 116 Å². The van der Waals surface area contributed by atoms with Crippen LogP contribution < -0.4 is 5.32 Å². The Hall–Kier alpha value is -0.610. The monoisotopic (exact) mass is 268 g/mol. The van der Waals surface area contributed by atoms with E-state index in [1.807, 2.05) is 4.90 Å². The lowest BCUT2D eigenvalue weighted by atomic mass is 9.73. The van der Waals surface area contributed by atoms with Crippen LogP contribution in [0.5, 0.6) is 0 Å². The number of nitrogens with one attached hydrogen (secondary N) is 1. The Bertz CT molecular complexity index is 333. The highest BCUT2D eigenvalue weighted by Gasteiger charge is 2.44. The van der Waals surface area contributed by atoms with Crippen LogP contribution in [0.4, 0.5) is 0 Å². The summed E-state index contributed by atoms with van der Waals surface area (Å²) in [5.74, 6) is 0.724. The molecule has 1 unspecified atom stereocenters. The number of nitrogens with zero attached hydrogens (tertiary/aromatic N) is 1. The van der Waals surface area contributed by atoms with Crippen LogP contribution in [-0.4, -0.2) is 49.2 Å². The number of hydrogen-bond donors (Lipinski definition) is 1. The molecule has 0 aliphatic carbocycles. The van der Waals surface area contributed by atoms with Crippen molar-refractivity contribution in [1.82, 2.24) is 10.2 Å². The molecule has 0 radical (unpaired) electrons. The van der Waals surface area contributed by atoms with Crippen molar-refractivity contribution in [3.63, 3.8) is 0 Å². The van der Waals surface area contributed by atoms with Crippen LogP contribution >= 0.6 is 0 Å². The van der Waals surface area contributed by atoms with Gasteiger partial charge in [-0.3, -0.25) is 4.79 Å². The van der Waals surface area contributed by atoms with Crippen LogP contribution in [0.25, 0.3) is 0 Å². The summed E-state index contributed by atoms with van der Waals surface area (Å²) < 4.78 is 5.52. The van der Waals surface area contributed by atoms with E-state index in [0.29, 0.717) is 19.1 Å². The summed E-state index contributed by atoms with van der Waals surface area (Å²) in [6.45, 7) is 12.5. The van der Waals surface area contributed by atoms with Crippen molar-refractivity contribution in [2.75, 3.05) is 32.8 Å². The normalized spacial score (nSPS) is 28.2. The molecule has 0 aromatic heterocycles. The van der Waals surface area contributed by atoms with Crippen molar-refractivity contribution < 1.29 is 9.53 Å². The average molecular weight is 268 g/mol. The van der Waals surface area contributed by atoms with E-state index in [9.17, 15) is 4.79 Å². The van der Waals surface area contributed by atoms with E-state index in [1.165, 1.54) is 6.42 Å². The van der Waals surface area contributed by atoms with Crippen LogP contribution in [-0.2, 0) is 9.53 Å². The van der Waals surface area contributed by atoms with Gasteiger partial charge in [0.2, 0.25) is 5.91 Å². The van der Waals surface area contributed by atoms with Gasteiger partial charge >= 0.3 is 0 Å². The number of piperidine rings is 1. The zero-order valence-corrected chi connectivity index (χ0v) is 12.8. The maximum atomic E-state index is 13.0. The summed E-state index contributed by atoms with van der Waals surface area (Å²) in [5.41, 5.74) is -0.475. The fraction of sp³-hybridized carbons (Fsp3) is 0.933. The molecule has 0 saturated carbocycles. The molecule has 2 aliphatic rings. The molecule has 1 N–H and O–H groups in total. The van der Waals surface area contributed by atoms with Gasteiger partial charge in [0.05, 0.1) is 18.8 Å². The zero-order valence-electron chi connectivity index (χ0n) is 12.8. The van der Waals surface area contributed by atoms with E-state index in [-0.39, 0.29) is 16.9 Å². The SMILES string of the molecule is CC(C)(C(=O)N1CCOCC1(C)C)C1CCCNC1. The van der Waals surface area contributed by atoms with E-state index in [0.717, 1.165) is 26.1 Å². The lowest BCUT2D eigenvalue weighted by Gasteiger charge is -2.47. The lowest BCUT2D eigenvalue weighted by molar-refractivity contribution is -0.159. The first-order chi connectivity index (χ1) is 8.86. The predicted octanol–water partition coefficient (Wildman–Crippen LogP) is 1.65. The van der Waals surface area contributed by atoms with E-state index >= 15 is 0 Å². The van der Waals surface area contributed by atoms with Gasteiger partial charge in [-0.05, 0) is 45.7 Å². The molecular formula is C15H28N2O2. The second kappa shape index (κ2) is 5.41. The molecule has 0 aromatic carbocycles. The Morgan fingerprint density at radius 2 is 2.16 bits per heavy atom. The first kappa shape index (κ1) is 14.8. The van der Waals surface area contributed by atoms with Gasteiger partial charge in [-0.1, -0.05) is 13.8 Å². The topological polar surface area (TPSA) is 41.6 Å². The number of morpholine rings is 1. The van der Waals surface area contributed by atoms with Crippen LogP contribution in [0.1, 0.15) is 40.5 Å². The molecule has 1 atom stereocenters. The Balaban J connectivity index is 2.12. The second-order valence-corrected chi connectivity index (χ2v) is 7.09. The number of carbonyl (C=O) groups excluding carboxylic acids is 1. The van der Waals surface area contributed by atoms with Gasteiger partial charge in [-0.2, -0.15) is 0 Å². The maximum absolute atomic E-state index is 13.0. The molecular weight excluding hydrogens is 240 g/mol. The first-order valence-electron chi connectivity index (χ1n) is 7.46. The molecule has 0 bridgehead atoms. The number of amides is 1. The van der Waals surface area contributed by atoms with Gasteiger partial charge in [0.1, 0.15) is 0 Å². The van der Waals surface area contributed by atoms with Gasteiger partial charge in [0.25, 0.3) is 0 Å². The molecule has 2 rings (SSSR count). The molecule has 2 fully saturated rings. The predicted molar refractivity (Wildman–Crippen MR) is 76.0 cm³/mol. The molecule has 4 heteroatoms. The summed E-state index contributed by atoms with van der Waals surface area (Å²) in [6.07, 6.45) is 2.32.